The van der Waals surface area contributed by atoms with Gasteiger partial charge in [-0.25, -0.2) is 0 Å². The molecule has 2 aliphatic rings. The summed E-state index contributed by atoms with van der Waals surface area (Å²) < 4.78 is 35.5. The second-order valence-electron chi connectivity index (χ2n) is 7.30. The van der Waals surface area contributed by atoms with Gasteiger partial charge in [0.2, 0.25) is 6.29 Å². The number of azide groups is 1. The first kappa shape index (κ1) is 22.1. The second-order valence-corrected chi connectivity index (χ2v) is 7.30. The lowest BCUT2D eigenvalue weighted by atomic mass is 9.96. The van der Waals surface area contributed by atoms with Crippen LogP contribution in [-0.4, -0.2) is 51.0 Å². The van der Waals surface area contributed by atoms with E-state index >= 15 is 0 Å². The van der Waals surface area contributed by atoms with Crippen molar-refractivity contribution < 1.29 is 28.4 Å². The fraction of sp³-hybridized carbons (Fsp3) is 0.391. The Labute approximate surface area is 186 Å². The van der Waals surface area contributed by atoms with Crippen molar-refractivity contribution in [1.82, 2.24) is 0 Å². The molecule has 0 bridgehead atoms. The highest BCUT2D eigenvalue weighted by molar-refractivity contribution is 5.31. The maximum Gasteiger partial charge on any atom is 0.211 e. The Morgan fingerprint density at radius 1 is 1.12 bits per heavy atom. The lowest BCUT2D eigenvalue weighted by Gasteiger charge is -2.47. The normalized spacial score (nSPS) is 29.3. The molecule has 9 nitrogen and oxygen atoms in total. The SMILES string of the molecule is C=CCO[C@@H]1[C@H](N=[N+]=[N-])[C@H](Oc2ccc(OC)cc2)O[C@H]2COC(c3ccccc3)O[C@H]12. The van der Waals surface area contributed by atoms with Gasteiger partial charge in [-0.3, -0.25) is 0 Å². The maximum absolute atomic E-state index is 9.23. The number of ether oxygens (including phenoxy) is 6. The number of hydrogen-bond acceptors (Lipinski definition) is 7. The molecular weight excluding hydrogens is 414 g/mol. The minimum atomic E-state index is -0.893. The standard InChI is InChI=1S/C23H25N3O6/c1-3-13-28-21-19(25-26-24)23(30-17-11-9-16(27-2)10-12-17)31-18-14-29-22(32-20(18)21)15-7-5-4-6-8-15/h3-12,18-23H,1,13-14H2,2H3/t18-,19-,20-,21+,22?,23+/m0/s1. The van der Waals surface area contributed by atoms with E-state index < -0.39 is 36.9 Å². The minimum absolute atomic E-state index is 0.251. The zero-order valence-electron chi connectivity index (χ0n) is 17.7. The van der Waals surface area contributed by atoms with Gasteiger partial charge in [0.15, 0.2) is 6.29 Å². The van der Waals surface area contributed by atoms with E-state index in [1.807, 2.05) is 30.3 Å². The van der Waals surface area contributed by atoms with Gasteiger partial charge < -0.3 is 28.4 Å². The summed E-state index contributed by atoms with van der Waals surface area (Å²) in [4.78, 5) is 3.00. The molecule has 0 spiro atoms. The van der Waals surface area contributed by atoms with Gasteiger partial charge in [-0.2, -0.15) is 0 Å². The van der Waals surface area contributed by atoms with E-state index in [9.17, 15) is 5.53 Å². The monoisotopic (exact) mass is 439 g/mol. The Hall–Kier alpha value is -3.07. The molecule has 2 aromatic carbocycles. The van der Waals surface area contributed by atoms with Crippen LogP contribution in [0.4, 0.5) is 0 Å². The molecule has 0 N–H and O–H groups in total. The molecular formula is C23H25N3O6. The van der Waals surface area contributed by atoms with Gasteiger partial charge in [-0.1, -0.05) is 41.5 Å². The number of fused-ring (bicyclic) bond motifs is 1. The molecule has 2 aliphatic heterocycles. The van der Waals surface area contributed by atoms with E-state index in [2.05, 4.69) is 16.6 Å². The molecule has 168 valence electrons. The second kappa shape index (κ2) is 10.5. The van der Waals surface area contributed by atoms with E-state index in [1.54, 1.807) is 37.5 Å². The molecule has 32 heavy (non-hydrogen) atoms. The third kappa shape index (κ3) is 4.88. The topological polar surface area (TPSA) is 104 Å². The van der Waals surface area contributed by atoms with Crippen molar-refractivity contribution >= 4 is 0 Å². The van der Waals surface area contributed by atoms with Crippen molar-refractivity contribution in [2.24, 2.45) is 5.11 Å². The first-order chi connectivity index (χ1) is 15.7. The van der Waals surface area contributed by atoms with Gasteiger partial charge in [-0.15, -0.1) is 6.58 Å². The van der Waals surface area contributed by atoms with Crippen LogP contribution in [0.5, 0.6) is 11.5 Å². The fourth-order valence-corrected chi connectivity index (χ4v) is 3.78. The Kier molecular flexibility index (Phi) is 7.26. The highest BCUT2D eigenvalue weighted by Crippen LogP contribution is 2.37. The Morgan fingerprint density at radius 3 is 2.56 bits per heavy atom. The van der Waals surface area contributed by atoms with Gasteiger partial charge in [0, 0.05) is 10.5 Å². The number of methoxy groups -OCH3 is 1. The van der Waals surface area contributed by atoms with Crippen LogP contribution in [0, 0.1) is 0 Å². The van der Waals surface area contributed by atoms with Crippen molar-refractivity contribution in [2.45, 2.75) is 36.9 Å². The van der Waals surface area contributed by atoms with Crippen molar-refractivity contribution in [2.75, 3.05) is 20.3 Å². The molecule has 4 rings (SSSR count). The average molecular weight is 439 g/mol. The van der Waals surface area contributed by atoms with Crippen LogP contribution < -0.4 is 9.47 Å². The molecule has 2 fully saturated rings. The van der Waals surface area contributed by atoms with Gasteiger partial charge in [0.25, 0.3) is 0 Å². The molecule has 0 aliphatic carbocycles. The van der Waals surface area contributed by atoms with Crippen LogP contribution in [0.15, 0.2) is 72.4 Å². The molecule has 2 heterocycles. The summed E-state index contributed by atoms with van der Waals surface area (Å²) in [5.74, 6) is 1.23. The van der Waals surface area contributed by atoms with Crippen molar-refractivity contribution in [3.05, 3.63) is 83.3 Å². The fourth-order valence-electron chi connectivity index (χ4n) is 3.78. The van der Waals surface area contributed by atoms with Crippen molar-refractivity contribution in [3.63, 3.8) is 0 Å². The zero-order chi connectivity index (χ0) is 22.3. The van der Waals surface area contributed by atoms with E-state index in [0.29, 0.717) is 11.5 Å². The number of hydrogen-bond donors (Lipinski definition) is 0. The van der Waals surface area contributed by atoms with E-state index in [0.717, 1.165) is 5.56 Å². The van der Waals surface area contributed by atoms with E-state index in [4.69, 9.17) is 28.4 Å². The Balaban J connectivity index is 1.58. The third-order valence-electron chi connectivity index (χ3n) is 5.28. The summed E-state index contributed by atoms with van der Waals surface area (Å²) in [5.41, 5.74) is 10.1. The van der Waals surface area contributed by atoms with E-state index in [1.165, 1.54) is 0 Å². The highest BCUT2D eigenvalue weighted by atomic mass is 16.8. The quantitative estimate of drug-likeness (QED) is 0.265. The molecule has 0 amide bonds. The molecule has 1 unspecified atom stereocenters. The summed E-state index contributed by atoms with van der Waals surface area (Å²) in [6, 6.07) is 15.9. The predicted octanol–water partition coefficient (Wildman–Crippen LogP) is 4.16. The van der Waals surface area contributed by atoms with E-state index in [-0.39, 0.29) is 13.2 Å². The molecule has 2 aromatic rings. The molecule has 9 heteroatoms. The average Bonchev–Trinajstić information content (AvgIpc) is 2.84. The number of benzene rings is 2. The summed E-state index contributed by atoms with van der Waals surface area (Å²) >= 11 is 0. The van der Waals surface area contributed by atoms with Gasteiger partial charge in [0.1, 0.15) is 35.9 Å². The number of nitrogens with zero attached hydrogens (tertiary/aromatic N) is 3. The largest absolute Gasteiger partial charge is 0.497 e. The molecule has 0 aromatic heterocycles. The Bertz CT molecular complexity index is 935. The first-order valence-electron chi connectivity index (χ1n) is 10.3. The lowest BCUT2D eigenvalue weighted by Crippen LogP contribution is -2.63. The van der Waals surface area contributed by atoms with Crippen LogP contribution >= 0.6 is 0 Å². The van der Waals surface area contributed by atoms with Gasteiger partial charge >= 0.3 is 0 Å². The van der Waals surface area contributed by atoms with Crippen LogP contribution in [0.3, 0.4) is 0 Å². The lowest BCUT2D eigenvalue weighted by molar-refractivity contribution is -0.335. The van der Waals surface area contributed by atoms with Crippen molar-refractivity contribution in [1.29, 1.82) is 0 Å². The zero-order valence-corrected chi connectivity index (χ0v) is 17.7. The van der Waals surface area contributed by atoms with Crippen LogP contribution in [0.25, 0.3) is 10.4 Å². The molecule has 6 atom stereocenters. The van der Waals surface area contributed by atoms with Crippen molar-refractivity contribution in [3.8, 4) is 11.5 Å². The first-order valence-corrected chi connectivity index (χ1v) is 10.3. The summed E-state index contributed by atoms with van der Waals surface area (Å²) in [6.07, 6.45) is -1.47. The minimum Gasteiger partial charge on any atom is -0.497 e. The van der Waals surface area contributed by atoms with Gasteiger partial charge in [0.05, 0.1) is 20.3 Å². The summed E-state index contributed by atoms with van der Waals surface area (Å²) in [7, 11) is 1.59. The highest BCUT2D eigenvalue weighted by Gasteiger charge is 2.51. The summed E-state index contributed by atoms with van der Waals surface area (Å²) in [5, 5.41) is 3.94. The van der Waals surface area contributed by atoms with Crippen LogP contribution in [0.1, 0.15) is 11.9 Å². The van der Waals surface area contributed by atoms with Crippen LogP contribution in [-0.2, 0) is 18.9 Å². The predicted molar refractivity (Wildman–Crippen MR) is 115 cm³/mol. The third-order valence-corrected chi connectivity index (χ3v) is 5.28. The molecule has 0 radical (unpaired) electrons. The van der Waals surface area contributed by atoms with Gasteiger partial charge in [-0.05, 0) is 29.8 Å². The number of rotatable bonds is 8. The smallest absolute Gasteiger partial charge is 0.211 e. The summed E-state index contributed by atoms with van der Waals surface area (Å²) in [6.45, 7) is 4.24. The maximum atomic E-state index is 9.23. The van der Waals surface area contributed by atoms with Crippen LogP contribution in [0.2, 0.25) is 0 Å². The molecule has 2 saturated heterocycles. The Morgan fingerprint density at radius 2 is 1.88 bits per heavy atom. The molecule has 0 saturated carbocycles.